The van der Waals surface area contributed by atoms with Gasteiger partial charge >= 0.3 is 0 Å². The first kappa shape index (κ1) is 19.1. The third-order valence-corrected chi connectivity index (χ3v) is 4.45. The summed E-state index contributed by atoms with van der Waals surface area (Å²) >= 11 is 6.19. The highest BCUT2D eigenvalue weighted by atomic mass is 35.5. The van der Waals surface area contributed by atoms with Crippen molar-refractivity contribution in [1.29, 1.82) is 0 Å². The molecule has 1 atom stereocenters. The van der Waals surface area contributed by atoms with Crippen LogP contribution in [0.3, 0.4) is 0 Å². The molecule has 2 aromatic carbocycles. The molecule has 2 N–H and O–H groups in total. The van der Waals surface area contributed by atoms with Gasteiger partial charge in [0.1, 0.15) is 11.6 Å². The Hall–Kier alpha value is -2.70. The van der Waals surface area contributed by atoms with Crippen LogP contribution < -0.4 is 10.6 Å². The van der Waals surface area contributed by atoms with Crippen molar-refractivity contribution in [2.75, 3.05) is 11.9 Å². The van der Waals surface area contributed by atoms with Crippen LogP contribution in [0.25, 0.3) is 5.69 Å². The van der Waals surface area contributed by atoms with Crippen LogP contribution in [-0.2, 0) is 4.79 Å². The van der Waals surface area contributed by atoms with Crippen molar-refractivity contribution < 1.29 is 9.18 Å². The van der Waals surface area contributed by atoms with Crippen LogP contribution in [0, 0.1) is 12.7 Å². The van der Waals surface area contributed by atoms with E-state index in [1.165, 1.54) is 12.1 Å². The summed E-state index contributed by atoms with van der Waals surface area (Å²) in [6.45, 7) is 3.88. The van der Waals surface area contributed by atoms with Crippen LogP contribution in [0.15, 0.2) is 54.6 Å². The summed E-state index contributed by atoms with van der Waals surface area (Å²) in [5.41, 5.74) is 2.34. The van der Waals surface area contributed by atoms with Crippen LogP contribution >= 0.6 is 11.6 Å². The number of carbonyl (C=O) groups is 1. The van der Waals surface area contributed by atoms with Gasteiger partial charge in [-0.3, -0.25) is 4.79 Å². The zero-order chi connectivity index (χ0) is 19.4. The number of aromatic nitrogens is 2. The third-order valence-electron chi connectivity index (χ3n) is 4.11. The van der Waals surface area contributed by atoms with Crippen molar-refractivity contribution in [1.82, 2.24) is 15.1 Å². The lowest BCUT2D eigenvalue weighted by molar-refractivity contribution is -0.115. The van der Waals surface area contributed by atoms with Crippen molar-refractivity contribution in [3.8, 4) is 5.69 Å². The lowest BCUT2D eigenvalue weighted by atomic mass is 10.1. The van der Waals surface area contributed by atoms with Gasteiger partial charge in [0.25, 0.3) is 0 Å². The van der Waals surface area contributed by atoms with Gasteiger partial charge in [-0.25, -0.2) is 9.07 Å². The van der Waals surface area contributed by atoms with Crippen molar-refractivity contribution >= 4 is 23.3 Å². The molecule has 0 bridgehead atoms. The molecule has 0 saturated heterocycles. The summed E-state index contributed by atoms with van der Waals surface area (Å²) in [7, 11) is 0. The average Bonchev–Trinajstić information content (AvgIpc) is 3.01. The van der Waals surface area contributed by atoms with Crippen molar-refractivity contribution in [2.45, 2.75) is 19.9 Å². The number of amides is 1. The molecule has 0 saturated carbocycles. The van der Waals surface area contributed by atoms with Gasteiger partial charge in [0.15, 0.2) is 0 Å². The molecule has 140 valence electrons. The zero-order valence-electron chi connectivity index (χ0n) is 15.0. The predicted octanol–water partition coefficient (Wildman–Crippen LogP) is 4.26. The molecule has 5 nitrogen and oxygen atoms in total. The summed E-state index contributed by atoms with van der Waals surface area (Å²) in [6.07, 6.45) is 0. The lowest BCUT2D eigenvalue weighted by Gasteiger charge is -2.15. The van der Waals surface area contributed by atoms with E-state index in [9.17, 15) is 9.18 Å². The Morgan fingerprint density at radius 1 is 1.22 bits per heavy atom. The van der Waals surface area contributed by atoms with E-state index in [1.807, 2.05) is 38.1 Å². The van der Waals surface area contributed by atoms with E-state index in [0.29, 0.717) is 16.5 Å². The van der Waals surface area contributed by atoms with Gasteiger partial charge in [-0.2, -0.15) is 5.10 Å². The molecular formula is C20H20ClFN4O. The molecule has 0 fully saturated rings. The number of nitrogens with zero attached hydrogens (tertiary/aromatic N) is 2. The fraction of sp³-hybridized carbons (Fsp3) is 0.200. The van der Waals surface area contributed by atoms with E-state index in [2.05, 4.69) is 15.7 Å². The molecule has 0 aliphatic heterocycles. The molecule has 1 heterocycles. The lowest BCUT2D eigenvalue weighted by Crippen LogP contribution is -2.30. The fourth-order valence-electron chi connectivity index (χ4n) is 2.74. The summed E-state index contributed by atoms with van der Waals surface area (Å²) in [5.74, 6) is -0.0144. The minimum Gasteiger partial charge on any atom is -0.309 e. The second-order valence-electron chi connectivity index (χ2n) is 6.23. The molecule has 0 spiro atoms. The number of halogens is 2. The first-order valence-electron chi connectivity index (χ1n) is 8.54. The maximum absolute atomic E-state index is 13.1. The Morgan fingerprint density at radius 3 is 2.63 bits per heavy atom. The Bertz CT molecular complexity index is 939. The highest BCUT2D eigenvalue weighted by molar-refractivity contribution is 6.31. The van der Waals surface area contributed by atoms with Gasteiger partial charge in [0.2, 0.25) is 5.91 Å². The van der Waals surface area contributed by atoms with Crippen molar-refractivity contribution in [3.63, 3.8) is 0 Å². The third kappa shape index (κ3) is 4.72. The van der Waals surface area contributed by atoms with Gasteiger partial charge < -0.3 is 10.6 Å². The second-order valence-corrected chi connectivity index (χ2v) is 6.64. The minimum atomic E-state index is -0.328. The van der Waals surface area contributed by atoms with Crippen molar-refractivity contribution in [3.05, 3.63) is 76.7 Å². The van der Waals surface area contributed by atoms with Crippen molar-refractivity contribution in [2.24, 2.45) is 0 Å². The van der Waals surface area contributed by atoms with E-state index < -0.39 is 0 Å². The molecule has 0 aliphatic carbocycles. The van der Waals surface area contributed by atoms with E-state index in [-0.39, 0.29) is 24.3 Å². The summed E-state index contributed by atoms with van der Waals surface area (Å²) in [5, 5.41) is 11.0. The molecule has 3 rings (SSSR count). The molecular weight excluding hydrogens is 367 g/mol. The number of hydrogen-bond acceptors (Lipinski definition) is 3. The largest absolute Gasteiger partial charge is 0.309 e. The highest BCUT2D eigenvalue weighted by Gasteiger charge is 2.13. The number of carbonyl (C=O) groups excluding carboxylic acids is 1. The fourth-order valence-corrected chi connectivity index (χ4v) is 3.04. The molecule has 0 radical (unpaired) electrons. The molecule has 1 amide bonds. The summed E-state index contributed by atoms with van der Waals surface area (Å²) < 4.78 is 14.7. The number of aryl methyl sites for hydroxylation is 1. The highest BCUT2D eigenvalue weighted by Crippen LogP contribution is 2.22. The Labute approximate surface area is 162 Å². The van der Waals surface area contributed by atoms with Crippen LogP contribution in [0.5, 0.6) is 0 Å². The number of rotatable bonds is 6. The van der Waals surface area contributed by atoms with E-state index in [1.54, 1.807) is 22.9 Å². The molecule has 0 unspecified atom stereocenters. The Balaban J connectivity index is 1.66. The number of hydrogen-bond donors (Lipinski definition) is 2. The smallest absolute Gasteiger partial charge is 0.239 e. The molecule has 7 heteroatoms. The maximum atomic E-state index is 13.1. The summed E-state index contributed by atoms with van der Waals surface area (Å²) in [6, 6.07) is 15.1. The topological polar surface area (TPSA) is 59.0 Å². The molecule has 1 aromatic heterocycles. The van der Waals surface area contributed by atoms with E-state index in [4.69, 9.17) is 11.6 Å². The SMILES string of the molecule is Cc1cc(NC(=O)CN[C@@H](C)c2ccccc2Cl)n(-c2ccc(F)cc2)n1. The van der Waals surface area contributed by atoms with Crippen LogP contribution in [0.4, 0.5) is 10.2 Å². The first-order valence-corrected chi connectivity index (χ1v) is 8.92. The van der Waals surface area contributed by atoms with E-state index >= 15 is 0 Å². The van der Waals surface area contributed by atoms with E-state index in [0.717, 1.165) is 11.3 Å². The second kappa shape index (κ2) is 8.33. The monoisotopic (exact) mass is 386 g/mol. The van der Waals surface area contributed by atoms with Gasteiger partial charge in [0.05, 0.1) is 17.9 Å². The zero-order valence-corrected chi connectivity index (χ0v) is 15.8. The average molecular weight is 387 g/mol. The van der Waals surface area contributed by atoms with Gasteiger partial charge in [0, 0.05) is 17.1 Å². The van der Waals surface area contributed by atoms with Gasteiger partial charge in [-0.15, -0.1) is 0 Å². The Kier molecular flexibility index (Phi) is 5.88. The quantitative estimate of drug-likeness (QED) is 0.665. The number of nitrogens with one attached hydrogen (secondary N) is 2. The molecule has 0 aliphatic rings. The van der Waals surface area contributed by atoms with Crippen LogP contribution in [0.1, 0.15) is 24.2 Å². The van der Waals surface area contributed by atoms with Gasteiger partial charge in [-0.1, -0.05) is 29.8 Å². The van der Waals surface area contributed by atoms with Crippen LogP contribution in [-0.4, -0.2) is 22.2 Å². The van der Waals surface area contributed by atoms with Gasteiger partial charge in [-0.05, 0) is 49.7 Å². The predicted molar refractivity (Wildman–Crippen MR) is 105 cm³/mol. The molecule has 27 heavy (non-hydrogen) atoms. The molecule has 3 aromatic rings. The minimum absolute atomic E-state index is 0.0757. The van der Waals surface area contributed by atoms with Crippen LogP contribution in [0.2, 0.25) is 5.02 Å². The first-order chi connectivity index (χ1) is 12.9. The summed E-state index contributed by atoms with van der Waals surface area (Å²) in [4.78, 5) is 12.4. The standard InChI is InChI=1S/C20H20ClFN4O/c1-13-11-19(26(25-13)16-9-7-15(22)8-10-16)24-20(27)12-23-14(2)17-5-3-4-6-18(17)21/h3-11,14,23H,12H2,1-2H3,(H,24,27)/t14-/m0/s1. The Morgan fingerprint density at radius 2 is 1.93 bits per heavy atom. The normalized spacial score (nSPS) is 12.0. The number of anilines is 1. The maximum Gasteiger partial charge on any atom is 0.239 e. The number of benzene rings is 2.